The van der Waals surface area contributed by atoms with Crippen molar-refractivity contribution in [3.8, 4) is 5.75 Å². The van der Waals surface area contributed by atoms with Gasteiger partial charge in [0, 0.05) is 85.5 Å². The second-order valence-electron chi connectivity index (χ2n) is 19.4. The van der Waals surface area contributed by atoms with E-state index in [9.17, 15) is 27.4 Å². The molecular weight excluding hydrogens is 990 g/mol. The van der Waals surface area contributed by atoms with E-state index in [1.807, 2.05) is 68.5 Å². The second kappa shape index (κ2) is 27.3. The van der Waals surface area contributed by atoms with E-state index in [0.717, 1.165) is 56.4 Å². The summed E-state index contributed by atoms with van der Waals surface area (Å²) in [5.41, 5.74) is 7.60. The Hall–Kier alpha value is -5.05. The number of hydroxylamine groups is 2. The minimum absolute atomic E-state index is 0. The maximum absolute atomic E-state index is 12.4. The molecule has 1 fully saturated rings. The van der Waals surface area contributed by atoms with Crippen molar-refractivity contribution in [2.45, 2.75) is 89.0 Å². The molecule has 0 bridgehead atoms. The molecule has 3 aromatic carbocycles. The summed E-state index contributed by atoms with van der Waals surface area (Å²) in [6, 6.07) is 18.8. The van der Waals surface area contributed by atoms with Gasteiger partial charge in [-0.3, -0.25) is 9.59 Å². The van der Waals surface area contributed by atoms with Crippen molar-refractivity contribution in [2.75, 3.05) is 84.6 Å². The first kappa shape index (κ1) is 59.2. The van der Waals surface area contributed by atoms with Crippen molar-refractivity contribution in [3.05, 3.63) is 125 Å². The maximum Gasteiger partial charge on any atom is 1.00 e. The molecule has 75 heavy (non-hydrogen) atoms. The van der Waals surface area contributed by atoms with Crippen LogP contribution in [0.3, 0.4) is 0 Å². The summed E-state index contributed by atoms with van der Waals surface area (Å²) in [6.45, 7) is 16.2. The molecule has 4 aliphatic rings. The normalized spacial score (nSPS) is 17.3. The van der Waals surface area contributed by atoms with E-state index in [2.05, 4.69) is 60.6 Å². The van der Waals surface area contributed by atoms with Crippen LogP contribution in [0.1, 0.15) is 95.4 Å². The fourth-order valence-corrected chi connectivity index (χ4v) is 10.1. The van der Waals surface area contributed by atoms with Crippen LogP contribution in [0.2, 0.25) is 0 Å². The predicted octanol–water partition coefficient (Wildman–Crippen LogP) is 5.48. The van der Waals surface area contributed by atoms with Gasteiger partial charge in [-0.1, -0.05) is 60.7 Å². The van der Waals surface area contributed by atoms with Gasteiger partial charge in [0.1, 0.15) is 28.2 Å². The predicted molar refractivity (Wildman–Crippen MR) is 281 cm³/mol. The van der Waals surface area contributed by atoms with Crippen LogP contribution >= 0.6 is 0 Å². The fourth-order valence-electron chi connectivity index (χ4n) is 9.57. The van der Waals surface area contributed by atoms with Gasteiger partial charge < -0.3 is 42.7 Å². The van der Waals surface area contributed by atoms with Crippen molar-refractivity contribution < 1.29 is 94.7 Å². The summed E-state index contributed by atoms with van der Waals surface area (Å²) < 4.78 is 73.0. The fraction of sp³-hybridized carbons (Fsp3) is 0.439. The molecule has 396 valence electrons. The van der Waals surface area contributed by atoms with Gasteiger partial charge in [0.2, 0.25) is 5.69 Å². The van der Waals surface area contributed by atoms with Crippen LogP contribution in [0, 0.1) is 0 Å². The van der Waals surface area contributed by atoms with Gasteiger partial charge in [0.15, 0.2) is 5.71 Å². The molecule has 18 heteroatoms. The Morgan fingerprint density at radius 1 is 0.800 bits per heavy atom. The van der Waals surface area contributed by atoms with Gasteiger partial charge in [0.25, 0.3) is 11.8 Å². The zero-order valence-electron chi connectivity index (χ0n) is 44.4. The van der Waals surface area contributed by atoms with Crippen molar-refractivity contribution in [2.24, 2.45) is 0 Å². The number of ether oxygens (including phenoxy) is 6. The van der Waals surface area contributed by atoms with E-state index >= 15 is 0 Å². The Morgan fingerprint density at radius 3 is 2.11 bits per heavy atom. The number of hydrogen-bond acceptors (Lipinski definition) is 14. The number of anilines is 1. The van der Waals surface area contributed by atoms with Crippen LogP contribution in [0.4, 0.5) is 11.4 Å². The second-order valence-corrected chi connectivity index (χ2v) is 20.8. The number of hydrogen-bond donors (Lipinski definition) is 0. The van der Waals surface area contributed by atoms with E-state index < -0.39 is 33.3 Å². The molecule has 0 saturated carbocycles. The summed E-state index contributed by atoms with van der Waals surface area (Å²) in [6.07, 6.45) is 16.1. The van der Waals surface area contributed by atoms with E-state index in [1.54, 1.807) is 13.2 Å². The molecule has 2 amide bonds. The number of benzene rings is 3. The average molecular weight is 1060 g/mol. The van der Waals surface area contributed by atoms with Crippen LogP contribution in [-0.4, -0.2) is 131 Å². The number of amides is 2. The quantitative estimate of drug-likeness (QED) is 0.0234. The van der Waals surface area contributed by atoms with Crippen LogP contribution in [0.15, 0.2) is 108 Å². The minimum atomic E-state index is -4.70. The van der Waals surface area contributed by atoms with Gasteiger partial charge in [-0.25, -0.2) is 13.2 Å². The van der Waals surface area contributed by atoms with Crippen LogP contribution < -0.4 is 39.2 Å². The van der Waals surface area contributed by atoms with Crippen LogP contribution in [-0.2, 0) is 58.4 Å². The van der Waals surface area contributed by atoms with Crippen LogP contribution in [0.5, 0.6) is 5.75 Å². The topological polar surface area (TPSA) is 183 Å². The number of fused-ring (bicyclic) bond motifs is 3. The molecule has 0 atom stereocenters. The molecule has 7 rings (SSSR count). The van der Waals surface area contributed by atoms with E-state index in [1.165, 1.54) is 12.1 Å². The zero-order chi connectivity index (χ0) is 52.9. The summed E-state index contributed by atoms with van der Waals surface area (Å²) in [5, 5.41) is 0.559. The summed E-state index contributed by atoms with van der Waals surface area (Å²) >= 11 is 0. The maximum atomic E-state index is 12.4. The van der Waals surface area contributed by atoms with Crippen molar-refractivity contribution in [1.29, 1.82) is 0 Å². The third kappa shape index (κ3) is 15.3. The summed E-state index contributed by atoms with van der Waals surface area (Å²) in [4.78, 5) is 43.3. The Kier molecular flexibility index (Phi) is 21.6. The number of nitrogens with zero attached hydrogens (tertiary/aromatic N) is 3. The Labute approximate surface area is 463 Å². The number of methoxy groups -OCH3 is 1. The number of carbonyl (C=O) groups is 3. The molecule has 3 aromatic rings. The van der Waals surface area contributed by atoms with Gasteiger partial charge in [-0.05, 0) is 82.9 Å². The Bertz CT molecular complexity index is 2820. The third-order valence-electron chi connectivity index (χ3n) is 13.3. The first-order valence-electron chi connectivity index (χ1n) is 25.3. The van der Waals surface area contributed by atoms with E-state index in [-0.39, 0.29) is 59.3 Å². The molecule has 0 radical (unpaired) electrons. The van der Waals surface area contributed by atoms with Gasteiger partial charge in [-0.2, -0.15) is 4.58 Å². The van der Waals surface area contributed by atoms with Crippen molar-refractivity contribution in [3.63, 3.8) is 0 Å². The van der Waals surface area contributed by atoms with E-state index in [4.69, 9.17) is 33.3 Å². The number of carbonyl (C=O) groups excluding carboxylic acids is 3. The first-order valence-corrected chi connectivity index (χ1v) is 26.7. The largest absolute Gasteiger partial charge is 1.00 e. The average Bonchev–Trinajstić information content (AvgIpc) is 3.79. The number of imide groups is 1. The van der Waals surface area contributed by atoms with E-state index in [0.29, 0.717) is 102 Å². The number of allylic oxidation sites excluding steroid dienone is 8. The number of rotatable bonds is 27. The zero-order valence-corrected chi connectivity index (χ0v) is 47.2. The molecule has 4 heterocycles. The number of unbranched alkanes of at least 4 members (excludes halogenated alkanes) is 2. The molecule has 1 saturated heterocycles. The molecule has 16 nitrogen and oxygen atoms in total. The van der Waals surface area contributed by atoms with Gasteiger partial charge in [-0.15, -0.1) is 5.06 Å². The Balaban J connectivity index is 0.00000914. The molecule has 0 spiro atoms. The van der Waals surface area contributed by atoms with Crippen LogP contribution in [0.25, 0.3) is 16.9 Å². The summed E-state index contributed by atoms with van der Waals surface area (Å²) in [5.74, 6) is -0.234. The smallest absolute Gasteiger partial charge is 0.744 e. The van der Waals surface area contributed by atoms with Crippen molar-refractivity contribution in [1.82, 2.24) is 5.06 Å². The minimum Gasteiger partial charge on any atom is -0.744 e. The molecule has 0 N–H and O–H groups in total. The molecule has 0 aromatic heterocycles. The molecule has 4 aliphatic heterocycles. The monoisotopic (exact) mass is 1060 g/mol. The van der Waals surface area contributed by atoms with Gasteiger partial charge in [0.05, 0.1) is 75.3 Å². The molecule has 0 aliphatic carbocycles. The SMILES string of the molecule is COCCOCCOCCOCCOCCN1c2cc3c(cc2C(C)=CC1(C)C)C(=CC=CC=CC1=[N+](CCCCCC(=O)ON2C(=O)CCC2=O)c2ccc(S(=O)(=O)[O-])cc2C1(C)C)C=C(c1ccccc1)O3.[Na+]. The summed E-state index contributed by atoms with van der Waals surface area (Å²) in [7, 11) is -3.06. The van der Waals surface area contributed by atoms with Gasteiger partial charge >= 0.3 is 35.5 Å². The third-order valence-corrected chi connectivity index (χ3v) is 14.2. The van der Waals surface area contributed by atoms with Crippen molar-refractivity contribution >= 4 is 61.9 Å². The molecular formula is C57H69N3NaO13S+. The standard InChI is InChI=1S/C57H69N3O13S.Na/c1-41-40-56(2,3)59(26-27-68-30-31-70-34-35-71-33-32-69-29-28-67-6)49-39-51-46(38-45(41)49)43(36-50(72-51)42-16-10-7-11-17-42)18-12-8-13-19-52-57(4,5)47-37-44(74(64,65)66)21-22-48(47)58(52)25-15-9-14-20-55(63)73-60-53(61)23-24-54(60)62;/h7-8,10-13,16-19,21-22,36-40H,9,14-15,20,23-35H2,1-6H3;/q;+1. The first-order chi connectivity index (χ1) is 35.5. The Morgan fingerprint density at radius 2 is 1.45 bits per heavy atom. The molecule has 0 unspecified atom stereocenters.